The van der Waals surface area contributed by atoms with Gasteiger partial charge in [0.1, 0.15) is 18.6 Å². The molecule has 0 saturated heterocycles. The number of aliphatic carboxylic acids is 1. The number of aromatic amines is 1. The Bertz CT molecular complexity index is 1010. The SMILES string of the molecule is CSCCC(NC(=O)C(N)Cc1c[nH]c2ccccc12)C(=O)NC(C(=O)NCC(=O)O)C(C)O. The molecule has 0 fully saturated rings. The third kappa shape index (κ3) is 7.75. The van der Waals surface area contributed by atoms with Crippen molar-refractivity contribution in [2.75, 3.05) is 18.6 Å². The first-order valence-electron chi connectivity index (χ1n) is 10.7. The Hall–Kier alpha value is -3.09. The normalized spacial score (nSPS) is 14.6. The molecular weight excluding hydrogens is 462 g/mol. The predicted molar refractivity (Wildman–Crippen MR) is 129 cm³/mol. The molecule has 2 aromatic rings. The number of nitrogens with two attached hydrogens (primary N) is 1. The molecule has 2 rings (SSSR count). The summed E-state index contributed by atoms with van der Waals surface area (Å²) in [6, 6.07) is 4.31. The molecule has 8 N–H and O–H groups in total. The van der Waals surface area contributed by atoms with Crippen molar-refractivity contribution < 1.29 is 29.4 Å². The second-order valence-corrected chi connectivity index (χ2v) is 8.84. The standard InChI is InChI=1S/C22H31N5O6S/c1-12(28)19(22(33)25-11-18(29)30)27-21(32)17(7-8-34-2)26-20(31)15(23)9-13-10-24-16-6-4-3-5-14(13)16/h3-6,10,12,15,17,19,24,28H,7-9,11,23H2,1-2H3,(H,25,33)(H,26,31)(H,27,32)(H,29,30). The van der Waals surface area contributed by atoms with E-state index >= 15 is 0 Å². The number of nitrogens with one attached hydrogen (secondary N) is 4. The monoisotopic (exact) mass is 493 g/mol. The van der Waals surface area contributed by atoms with Crippen LogP contribution < -0.4 is 21.7 Å². The Morgan fingerprint density at radius 1 is 1.12 bits per heavy atom. The van der Waals surface area contributed by atoms with E-state index in [0.717, 1.165) is 16.5 Å². The van der Waals surface area contributed by atoms with Crippen molar-refractivity contribution in [2.45, 2.75) is 44.0 Å². The number of hydrogen-bond donors (Lipinski definition) is 7. The third-order valence-corrected chi connectivity index (χ3v) is 5.82. The zero-order valence-electron chi connectivity index (χ0n) is 19.0. The van der Waals surface area contributed by atoms with E-state index in [1.165, 1.54) is 18.7 Å². The molecule has 0 aliphatic heterocycles. The molecular formula is C22H31N5O6S. The highest BCUT2D eigenvalue weighted by atomic mass is 32.2. The smallest absolute Gasteiger partial charge is 0.322 e. The number of amides is 3. The number of fused-ring (bicyclic) bond motifs is 1. The fourth-order valence-corrected chi connectivity index (χ4v) is 3.82. The molecule has 1 heterocycles. The summed E-state index contributed by atoms with van der Waals surface area (Å²) in [4.78, 5) is 51.7. The van der Waals surface area contributed by atoms with Gasteiger partial charge in [-0.15, -0.1) is 0 Å². The van der Waals surface area contributed by atoms with Gasteiger partial charge < -0.3 is 36.9 Å². The first-order valence-corrected chi connectivity index (χ1v) is 12.1. The molecule has 12 heteroatoms. The number of thioether (sulfide) groups is 1. The van der Waals surface area contributed by atoms with Gasteiger partial charge in [-0.2, -0.15) is 11.8 Å². The van der Waals surface area contributed by atoms with Crippen molar-refractivity contribution in [3.8, 4) is 0 Å². The van der Waals surface area contributed by atoms with Crippen molar-refractivity contribution >= 4 is 46.4 Å². The zero-order chi connectivity index (χ0) is 25.3. The first kappa shape index (κ1) is 27.2. The van der Waals surface area contributed by atoms with Gasteiger partial charge in [0, 0.05) is 17.1 Å². The summed E-state index contributed by atoms with van der Waals surface area (Å²) in [5.74, 6) is -2.79. The number of H-pyrrole nitrogens is 1. The summed E-state index contributed by atoms with van der Waals surface area (Å²) in [6.45, 7) is 0.630. The highest BCUT2D eigenvalue weighted by Crippen LogP contribution is 2.18. The van der Waals surface area contributed by atoms with Crippen LogP contribution >= 0.6 is 11.8 Å². The van der Waals surface area contributed by atoms with E-state index in [2.05, 4.69) is 20.9 Å². The lowest BCUT2D eigenvalue weighted by Gasteiger charge is -2.25. The lowest BCUT2D eigenvalue weighted by molar-refractivity contribution is -0.139. The minimum atomic E-state index is -1.39. The highest BCUT2D eigenvalue weighted by molar-refractivity contribution is 7.98. The Kier molecular flexibility index (Phi) is 10.4. The number of carboxylic acid groups (broad SMARTS) is 1. The summed E-state index contributed by atoms with van der Waals surface area (Å²) in [7, 11) is 0. The maximum atomic E-state index is 12.9. The quantitative estimate of drug-likeness (QED) is 0.192. The second-order valence-electron chi connectivity index (χ2n) is 7.85. The lowest BCUT2D eigenvalue weighted by Crippen LogP contribution is -2.58. The van der Waals surface area contributed by atoms with E-state index in [1.807, 2.05) is 30.5 Å². The number of aromatic nitrogens is 1. The van der Waals surface area contributed by atoms with Crippen LogP contribution in [-0.2, 0) is 25.6 Å². The van der Waals surface area contributed by atoms with E-state index in [1.54, 1.807) is 6.20 Å². The molecule has 0 saturated carbocycles. The number of rotatable bonds is 13. The Morgan fingerprint density at radius 3 is 2.47 bits per heavy atom. The molecule has 0 aliphatic rings. The third-order valence-electron chi connectivity index (χ3n) is 5.17. The van der Waals surface area contributed by atoms with Gasteiger partial charge in [-0.05, 0) is 43.4 Å². The van der Waals surface area contributed by atoms with Crippen molar-refractivity contribution in [3.05, 3.63) is 36.0 Å². The number of para-hydroxylation sites is 1. The molecule has 34 heavy (non-hydrogen) atoms. The Morgan fingerprint density at radius 2 is 1.82 bits per heavy atom. The van der Waals surface area contributed by atoms with Gasteiger partial charge in [-0.25, -0.2) is 0 Å². The van der Waals surface area contributed by atoms with Gasteiger partial charge >= 0.3 is 5.97 Å². The van der Waals surface area contributed by atoms with Crippen LogP contribution in [0.4, 0.5) is 0 Å². The molecule has 0 bridgehead atoms. The average molecular weight is 494 g/mol. The summed E-state index contributed by atoms with van der Waals surface area (Å²) < 4.78 is 0. The van der Waals surface area contributed by atoms with Gasteiger partial charge in [-0.1, -0.05) is 18.2 Å². The van der Waals surface area contributed by atoms with Gasteiger partial charge in [0.25, 0.3) is 0 Å². The van der Waals surface area contributed by atoms with Gasteiger partial charge in [0.15, 0.2) is 0 Å². The van der Waals surface area contributed by atoms with Crippen LogP contribution in [0.25, 0.3) is 10.9 Å². The second kappa shape index (κ2) is 13.0. The van der Waals surface area contributed by atoms with E-state index < -0.39 is 54.5 Å². The van der Waals surface area contributed by atoms with Crippen LogP contribution in [0, 0.1) is 0 Å². The van der Waals surface area contributed by atoms with Gasteiger partial charge in [0.2, 0.25) is 17.7 Å². The Balaban J connectivity index is 2.06. The number of aliphatic hydroxyl groups excluding tert-OH is 1. The van der Waals surface area contributed by atoms with Crippen LogP contribution in [0.15, 0.2) is 30.5 Å². The molecule has 4 unspecified atom stereocenters. The maximum Gasteiger partial charge on any atom is 0.322 e. The van der Waals surface area contributed by atoms with Crippen LogP contribution in [0.2, 0.25) is 0 Å². The molecule has 0 aliphatic carbocycles. The topological polar surface area (TPSA) is 187 Å². The predicted octanol–water partition coefficient (Wildman–Crippen LogP) is -0.658. The minimum absolute atomic E-state index is 0.251. The lowest BCUT2D eigenvalue weighted by atomic mass is 10.0. The van der Waals surface area contributed by atoms with E-state index in [0.29, 0.717) is 5.75 Å². The molecule has 0 spiro atoms. The van der Waals surface area contributed by atoms with Crippen molar-refractivity contribution in [1.29, 1.82) is 0 Å². The number of aliphatic hydroxyl groups is 1. The molecule has 11 nitrogen and oxygen atoms in total. The first-order chi connectivity index (χ1) is 16.1. The number of carboxylic acids is 1. The highest BCUT2D eigenvalue weighted by Gasteiger charge is 2.30. The maximum absolute atomic E-state index is 12.9. The summed E-state index contributed by atoms with van der Waals surface area (Å²) in [6.07, 6.45) is 2.86. The molecule has 4 atom stereocenters. The van der Waals surface area contributed by atoms with Crippen LogP contribution in [0.5, 0.6) is 0 Å². The molecule has 1 aromatic heterocycles. The van der Waals surface area contributed by atoms with Crippen molar-refractivity contribution in [3.63, 3.8) is 0 Å². The molecule has 186 valence electrons. The number of benzene rings is 1. The van der Waals surface area contributed by atoms with Crippen LogP contribution in [0.3, 0.4) is 0 Å². The zero-order valence-corrected chi connectivity index (χ0v) is 19.9. The number of hydrogen-bond acceptors (Lipinski definition) is 7. The van der Waals surface area contributed by atoms with E-state index in [-0.39, 0.29) is 12.8 Å². The van der Waals surface area contributed by atoms with Gasteiger partial charge in [0.05, 0.1) is 12.1 Å². The number of carbonyl (C=O) groups is 4. The van der Waals surface area contributed by atoms with Gasteiger partial charge in [-0.3, -0.25) is 19.2 Å². The number of carbonyl (C=O) groups excluding carboxylic acids is 3. The molecule has 3 amide bonds. The van der Waals surface area contributed by atoms with E-state index in [9.17, 15) is 24.3 Å². The fraction of sp³-hybridized carbons (Fsp3) is 0.455. The summed E-state index contributed by atoms with van der Waals surface area (Å²) in [5.41, 5.74) is 7.91. The van der Waals surface area contributed by atoms with Crippen LogP contribution in [0.1, 0.15) is 18.9 Å². The van der Waals surface area contributed by atoms with Crippen molar-refractivity contribution in [2.24, 2.45) is 5.73 Å². The molecule has 0 radical (unpaired) electrons. The summed E-state index contributed by atoms with van der Waals surface area (Å²) >= 11 is 1.47. The summed E-state index contributed by atoms with van der Waals surface area (Å²) in [5, 5.41) is 26.8. The molecule has 1 aromatic carbocycles. The van der Waals surface area contributed by atoms with E-state index in [4.69, 9.17) is 10.8 Å². The fourth-order valence-electron chi connectivity index (χ4n) is 3.35. The Labute approximate surface area is 201 Å². The minimum Gasteiger partial charge on any atom is -0.480 e. The van der Waals surface area contributed by atoms with Crippen LogP contribution in [-0.4, -0.2) is 81.7 Å². The average Bonchev–Trinajstić information content (AvgIpc) is 3.20. The largest absolute Gasteiger partial charge is 0.480 e. The van der Waals surface area contributed by atoms with Crippen molar-refractivity contribution in [1.82, 2.24) is 20.9 Å².